The maximum absolute atomic E-state index is 6.10. The van der Waals surface area contributed by atoms with Crippen LogP contribution in [0.25, 0.3) is 0 Å². The van der Waals surface area contributed by atoms with Gasteiger partial charge in [0.1, 0.15) is 6.10 Å². The second-order valence-corrected chi connectivity index (χ2v) is 8.66. The van der Waals surface area contributed by atoms with Crippen LogP contribution in [0.1, 0.15) is 19.3 Å². The van der Waals surface area contributed by atoms with E-state index in [9.17, 15) is 0 Å². The number of piperidine rings is 1. The smallest absolute Gasteiger partial charge is 0.291 e. The number of nitrogens with zero attached hydrogens (tertiary/aromatic N) is 2. The van der Waals surface area contributed by atoms with Crippen LogP contribution in [0.2, 0.25) is 0 Å². The van der Waals surface area contributed by atoms with Crippen LogP contribution in [-0.4, -0.2) is 39.8 Å². The topological polar surface area (TPSA) is 56.3 Å². The molecule has 4 rings (SSSR count). The summed E-state index contributed by atoms with van der Waals surface area (Å²) in [5.41, 5.74) is 0. The molecule has 1 saturated heterocycles. The first-order chi connectivity index (χ1) is 11.4. The van der Waals surface area contributed by atoms with Crippen molar-refractivity contribution in [1.29, 1.82) is 0 Å². The summed E-state index contributed by atoms with van der Waals surface area (Å²) in [6.45, 7) is 1.71. The molecule has 2 aliphatic rings. The number of ether oxygens (including phenoxy) is 2. The predicted octanol–water partition coefficient (Wildman–Crippen LogP) is 3.29. The zero-order valence-corrected chi connectivity index (χ0v) is 15.1. The Kier molecular flexibility index (Phi) is 5.03. The number of nitrogens with one attached hydrogen (secondary N) is 1. The van der Waals surface area contributed by atoms with Gasteiger partial charge in [0.05, 0.1) is 22.5 Å². The summed E-state index contributed by atoms with van der Waals surface area (Å²) in [4.78, 5) is 0. The van der Waals surface area contributed by atoms with E-state index in [0.717, 1.165) is 30.4 Å². The van der Waals surface area contributed by atoms with Crippen molar-refractivity contribution in [2.45, 2.75) is 35.6 Å². The Morgan fingerprint density at radius 2 is 2.26 bits per heavy atom. The number of thioether (sulfide) groups is 1. The molecule has 1 N–H and O–H groups in total. The third-order valence-corrected chi connectivity index (χ3v) is 7.01. The summed E-state index contributed by atoms with van der Waals surface area (Å²) in [6.07, 6.45) is 3.66. The highest BCUT2D eigenvalue weighted by Crippen LogP contribution is 2.36. The highest BCUT2D eigenvalue weighted by atomic mass is 32.2. The van der Waals surface area contributed by atoms with Crippen LogP contribution in [0.5, 0.6) is 11.8 Å². The van der Waals surface area contributed by atoms with E-state index >= 15 is 0 Å². The van der Waals surface area contributed by atoms with Gasteiger partial charge in [-0.25, -0.2) is 0 Å². The minimum Gasteiger partial charge on any atom is -0.473 e. The van der Waals surface area contributed by atoms with Gasteiger partial charge in [-0.05, 0) is 30.7 Å². The Bertz CT molecular complexity index is 599. The van der Waals surface area contributed by atoms with Crippen molar-refractivity contribution in [3.63, 3.8) is 0 Å². The number of fused-ring (bicyclic) bond motifs is 2. The summed E-state index contributed by atoms with van der Waals surface area (Å²) in [6, 6.07) is 4.70. The largest absolute Gasteiger partial charge is 0.473 e. The van der Waals surface area contributed by atoms with Crippen molar-refractivity contribution in [3.8, 4) is 11.8 Å². The van der Waals surface area contributed by atoms with Crippen LogP contribution in [-0.2, 0) is 0 Å². The van der Waals surface area contributed by atoms with Crippen LogP contribution in [0.15, 0.2) is 21.7 Å². The number of thiophene rings is 1. The van der Waals surface area contributed by atoms with Gasteiger partial charge in [0.15, 0.2) is 0 Å². The van der Waals surface area contributed by atoms with Gasteiger partial charge >= 0.3 is 0 Å². The fraction of sp³-hybridized carbons (Fsp3) is 0.600. The molecule has 124 valence electrons. The van der Waals surface area contributed by atoms with E-state index in [1.54, 1.807) is 11.3 Å². The maximum atomic E-state index is 6.10. The van der Waals surface area contributed by atoms with Gasteiger partial charge in [-0.1, -0.05) is 6.07 Å². The van der Waals surface area contributed by atoms with Gasteiger partial charge in [0.2, 0.25) is 0 Å². The van der Waals surface area contributed by atoms with E-state index in [1.165, 1.54) is 17.1 Å². The van der Waals surface area contributed by atoms with Gasteiger partial charge in [0.25, 0.3) is 11.8 Å². The average molecular weight is 370 g/mol. The van der Waals surface area contributed by atoms with E-state index in [2.05, 4.69) is 31.6 Å². The molecule has 3 heterocycles. The molecule has 3 unspecified atom stereocenters. The van der Waals surface area contributed by atoms with E-state index in [1.807, 2.05) is 11.8 Å². The first-order valence-electron chi connectivity index (χ1n) is 7.92. The monoisotopic (exact) mass is 369 g/mol. The van der Waals surface area contributed by atoms with E-state index in [0.29, 0.717) is 30.3 Å². The quantitative estimate of drug-likeness (QED) is 0.569. The Morgan fingerprint density at radius 3 is 3.00 bits per heavy atom. The summed E-state index contributed by atoms with van der Waals surface area (Å²) in [5.74, 6) is 2.79. The van der Waals surface area contributed by atoms with E-state index in [-0.39, 0.29) is 6.10 Å². The maximum Gasteiger partial charge on any atom is 0.291 e. The molecule has 1 saturated carbocycles. The molecule has 0 spiro atoms. The third kappa shape index (κ3) is 3.65. The molecule has 2 bridgehead atoms. The van der Waals surface area contributed by atoms with Gasteiger partial charge in [-0.2, -0.15) is 0 Å². The van der Waals surface area contributed by atoms with Crippen molar-refractivity contribution < 1.29 is 9.47 Å². The first kappa shape index (κ1) is 15.7. The lowest BCUT2D eigenvalue weighted by Gasteiger charge is -2.16. The molecule has 2 aromatic rings. The van der Waals surface area contributed by atoms with Crippen LogP contribution >= 0.6 is 34.8 Å². The summed E-state index contributed by atoms with van der Waals surface area (Å²) < 4.78 is 21.7. The second-order valence-electron chi connectivity index (χ2n) is 5.79. The van der Waals surface area contributed by atoms with Crippen LogP contribution in [0.3, 0.4) is 0 Å². The van der Waals surface area contributed by atoms with Crippen LogP contribution in [0, 0.1) is 5.92 Å². The second kappa shape index (κ2) is 7.38. The van der Waals surface area contributed by atoms with Crippen molar-refractivity contribution in [2.24, 2.45) is 5.92 Å². The van der Waals surface area contributed by atoms with Crippen molar-refractivity contribution in [3.05, 3.63) is 17.5 Å². The molecule has 5 nitrogen and oxygen atoms in total. The minimum atomic E-state index is 0.232. The number of aromatic nitrogens is 2. The molecule has 23 heavy (non-hydrogen) atoms. The third-order valence-electron chi connectivity index (χ3n) is 4.30. The molecule has 2 fully saturated rings. The van der Waals surface area contributed by atoms with E-state index in [4.69, 9.17) is 9.47 Å². The lowest BCUT2D eigenvalue weighted by molar-refractivity contribution is 0.159. The SMILES string of the molecule is c1csc(SCCCOc2nsnc2OC2C3CCC2NC3)c1. The molecule has 0 radical (unpaired) electrons. The van der Waals surface area contributed by atoms with E-state index < -0.39 is 0 Å². The first-order valence-corrected chi connectivity index (χ1v) is 10.5. The van der Waals surface area contributed by atoms with Gasteiger partial charge in [-0.15, -0.1) is 31.8 Å². The van der Waals surface area contributed by atoms with Gasteiger partial charge < -0.3 is 14.8 Å². The zero-order chi connectivity index (χ0) is 15.5. The lowest BCUT2D eigenvalue weighted by Crippen LogP contribution is -2.31. The average Bonchev–Trinajstić information content (AvgIpc) is 3.35. The lowest BCUT2D eigenvalue weighted by atomic mass is 10.1. The summed E-state index contributed by atoms with van der Waals surface area (Å²) in [7, 11) is 0. The van der Waals surface area contributed by atoms with Crippen LogP contribution < -0.4 is 14.8 Å². The number of rotatable bonds is 8. The molecule has 1 aliphatic heterocycles. The highest BCUT2D eigenvalue weighted by Gasteiger charge is 2.44. The highest BCUT2D eigenvalue weighted by molar-refractivity contribution is 8.01. The molecule has 8 heteroatoms. The number of hydrogen-bond acceptors (Lipinski definition) is 8. The fourth-order valence-electron chi connectivity index (χ4n) is 3.18. The molecular formula is C15H19N3O2S3. The predicted molar refractivity (Wildman–Crippen MR) is 94.0 cm³/mol. The molecule has 3 atom stereocenters. The van der Waals surface area contributed by atoms with Crippen molar-refractivity contribution >= 4 is 34.8 Å². The standard InChI is InChI=1S/C15H19N3O2S3/c1-3-12(21-7-1)22-8-2-6-19-14-15(18-23-17-14)20-13-10-4-5-11(13)16-9-10/h1,3,7,10-11,13,16H,2,4-6,8-9H2. The van der Waals surface area contributed by atoms with Gasteiger partial charge in [0, 0.05) is 24.3 Å². The Hall–Kier alpha value is -0.830. The summed E-state index contributed by atoms with van der Waals surface area (Å²) in [5, 5.41) is 5.60. The minimum absolute atomic E-state index is 0.232. The van der Waals surface area contributed by atoms with Crippen LogP contribution in [0.4, 0.5) is 0 Å². The molecule has 2 aromatic heterocycles. The molecule has 0 amide bonds. The normalized spacial score (nSPS) is 25.8. The van der Waals surface area contributed by atoms with Crippen molar-refractivity contribution in [2.75, 3.05) is 18.9 Å². The number of hydrogen-bond donors (Lipinski definition) is 1. The molecule has 0 aromatic carbocycles. The van der Waals surface area contributed by atoms with Crippen molar-refractivity contribution in [1.82, 2.24) is 14.1 Å². The Balaban J connectivity index is 1.23. The van der Waals surface area contributed by atoms with Gasteiger partial charge in [-0.3, -0.25) is 0 Å². The molecule has 1 aliphatic carbocycles. The zero-order valence-electron chi connectivity index (χ0n) is 12.6. The Labute approximate surface area is 148 Å². The molecular weight excluding hydrogens is 350 g/mol. The summed E-state index contributed by atoms with van der Waals surface area (Å²) >= 11 is 4.81. The fourth-order valence-corrected chi connectivity index (χ4v) is 5.39. The Morgan fingerprint density at radius 1 is 1.30 bits per heavy atom.